The summed E-state index contributed by atoms with van der Waals surface area (Å²) < 4.78 is 29.8. The van der Waals surface area contributed by atoms with Gasteiger partial charge in [0.05, 0.1) is 10.9 Å². The molecule has 0 saturated heterocycles. The van der Waals surface area contributed by atoms with Crippen LogP contribution in [-0.2, 0) is 10.1 Å². The number of halogens is 1. The standard InChI is InChI=1S/C19H20ClNO4S/c1-14(2)26(23,24)25-21-18(11-15(3)12-19(21)22)10-9-17(20)13-16-7-5-4-6-8-16/h4-14H,1-3H3. The number of nitrogens with zero attached hydrogens (tertiary/aromatic N) is 1. The highest BCUT2D eigenvalue weighted by Gasteiger charge is 2.20. The number of aryl methyl sites for hydroxylation is 1. The van der Waals surface area contributed by atoms with Gasteiger partial charge in [-0.2, -0.15) is 8.42 Å². The van der Waals surface area contributed by atoms with Gasteiger partial charge >= 0.3 is 10.1 Å². The van der Waals surface area contributed by atoms with Crippen LogP contribution in [0.3, 0.4) is 0 Å². The van der Waals surface area contributed by atoms with Gasteiger partial charge in [0.25, 0.3) is 5.56 Å². The minimum Gasteiger partial charge on any atom is -0.283 e. The predicted molar refractivity (Wildman–Crippen MR) is 105 cm³/mol. The molecule has 2 aromatic rings. The van der Waals surface area contributed by atoms with E-state index in [0.29, 0.717) is 10.6 Å². The summed E-state index contributed by atoms with van der Waals surface area (Å²) in [5.41, 5.74) is 1.30. The Morgan fingerprint density at radius 3 is 2.46 bits per heavy atom. The molecule has 2 rings (SSSR count). The van der Waals surface area contributed by atoms with Gasteiger partial charge < -0.3 is 0 Å². The Balaban J connectivity index is 2.40. The van der Waals surface area contributed by atoms with Gasteiger partial charge in [-0.25, -0.2) is 0 Å². The number of pyridine rings is 1. The number of hydrogen-bond acceptors (Lipinski definition) is 4. The lowest BCUT2D eigenvalue weighted by Crippen LogP contribution is -2.35. The van der Waals surface area contributed by atoms with Crippen LogP contribution < -0.4 is 9.84 Å². The predicted octanol–water partition coefficient (Wildman–Crippen LogP) is 3.62. The molecule has 0 amide bonds. The highest BCUT2D eigenvalue weighted by molar-refractivity contribution is 7.87. The molecular formula is C19H20ClNO4S. The topological polar surface area (TPSA) is 65.4 Å². The van der Waals surface area contributed by atoms with E-state index in [1.165, 1.54) is 26.0 Å². The molecule has 138 valence electrons. The normalized spacial score (nSPS) is 12.7. The molecule has 0 spiro atoms. The van der Waals surface area contributed by atoms with Gasteiger partial charge in [-0.3, -0.25) is 9.08 Å². The molecule has 0 aliphatic rings. The van der Waals surface area contributed by atoms with E-state index in [1.807, 2.05) is 30.3 Å². The molecule has 1 aromatic heterocycles. The zero-order chi connectivity index (χ0) is 19.3. The Bertz CT molecular complexity index is 990. The van der Waals surface area contributed by atoms with Crippen LogP contribution in [0.1, 0.15) is 30.7 Å². The molecule has 0 unspecified atom stereocenters. The highest BCUT2D eigenvalue weighted by atomic mass is 35.5. The van der Waals surface area contributed by atoms with Gasteiger partial charge in [-0.05, 0) is 56.2 Å². The maximum absolute atomic E-state index is 12.2. The molecule has 0 fully saturated rings. The highest BCUT2D eigenvalue weighted by Crippen LogP contribution is 2.14. The van der Waals surface area contributed by atoms with Crippen LogP contribution in [0.15, 0.2) is 58.4 Å². The number of aromatic nitrogens is 1. The maximum atomic E-state index is 12.2. The van der Waals surface area contributed by atoms with Crippen LogP contribution in [0, 0.1) is 6.92 Å². The van der Waals surface area contributed by atoms with Crippen molar-refractivity contribution in [2.45, 2.75) is 26.0 Å². The van der Waals surface area contributed by atoms with E-state index in [4.69, 9.17) is 15.9 Å². The van der Waals surface area contributed by atoms with Gasteiger partial charge in [0.2, 0.25) is 0 Å². The number of allylic oxidation sites excluding steroid dienone is 2. The third-order valence-electron chi connectivity index (χ3n) is 3.43. The first-order valence-corrected chi connectivity index (χ1v) is 9.82. The lowest BCUT2D eigenvalue weighted by Gasteiger charge is -2.13. The molecule has 5 nitrogen and oxygen atoms in total. The van der Waals surface area contributed by atoms with Crippen molar-refractivity contribution in [2.24, 2.45) is 0 Å². The molecule has 7 heteroatoms. The van der Waals surface area contributed by atoms with Gasteiger partial charge in [-0.1, -0.05) is 41.9 Å². The Kier molecular flexibility index (Phi) is 6.45. The lowest BCUT2D eigenvalue weighted by atomic mass is 10.2. The van der Waals surface area contributed by atoms with Gasteiger partial charge in [-0.15, -0.1) is 4.73 Å². The van der Waals surface area contributed by atoms with Crippen molar-refractivity contribution in [1.82, 2.24) is 4.73 Å². The van der Waals surface area contributed by atoms with Crippen molar-refractivity contribution in [2.75, 3.05) is 0 Å². The van der Waals surface area contributed by atoms with Crippen LogP contribution in [0.4, 0.5) is 0 Å². The van der Waals surface area contributed by atoms with E-state index in [0.717, 1.165) is 10.3 Å². The van der Waals surface area contributed by atoms with E-state index in [1.54, 1.807) is 25.1 Å². The second-order valence-electron chi connectivity index (χ2n) is 5.98. The SMILES string of the molecule is Cc1cc(C=CC(Cl)=Cc2ccccc2)n(OS(=O)(=O)C(C)C)c(=O)c1. The minimum atomic E-state index is -3.91. The summed E-state index contributed by atoms with van der Waals surface area (Å²) in [5, 5.41) is -0.363. The fourth-order valence-electron chi connectivity index (χ4n) is 2.02. The molecule has 0 N–H and O–H groups in total. The zero-order valence-corrected chi connectivity index (χ0v) is 16.3. The van der Waals surface area contributed by atoms with Crippen LogP contribution in [0.2, 0.25) is 0 Å². The Morgan fingerprint density at radius 1 is 1.19 bits per heavy atom. The summed E-state index contributed by atoms with van der Waals surface area (Å²) in [6.45, 7) is 4.69. The number of benzene rings is 1. The molecule has 1 aromatic carbocycles. The third kappa shape index (κ3) is 5.34. The first-order chi connectivity index (χ1) is 12.2. The summed E-state index contributed by atoms with van der Waals surface area (Å²) in [5.74, 6) is 0. The smallest absolute Gasteiger partial charge is 0.283 e. The van der Waals surface area contributed by atoms with Crippen molar-refractivity contribution >= 4 is 33.9 Å². The van der Waals surface area contributed by atoms with Crippen LogP contribution in [0.5, 0.6) is 0 Å². The van der Waals surface area contributed by atoms with Crippen molar-refractivity contribution in [3.63, 3.8) is 0 Å². The Labute approximate surface area is 158 Å². The zero-order valence-electron chi connectivity index (χ0n) is 14.7. The molecule has 26 heavy (non-hydrogen) atoms. The van der Waals surface area contributed by atoms with Crippen LogP contribution >= 0.6 is 11.6 Å². The monoisotopic (exact) mass is 393 g/mol. The summed E-state index contributed by atoms with van der Waals surface area (Å²) in [6, 6.07) is 12.4. The molecular weight excluding hydrogens is 374 g/mol. The number of hydrogen-bond donors (Lipinski definition) is 0. The van der Waals surface area contributed by atoms with Crippen molar-refractivity contribution in [3.8, 4) is 0 Å². The van der Waals surface area contributed by atoms with Crippen molar-refractivity contribution in [1.29, 1.82) is 0 Å². The summed E-state index contributed by atoms with van der Waals surface area (Å²) in [7, 11) is -3.91. The average Bonchev–Trinajstić information content (AvgIpc) is 2.56. The van der Waals surface area contributed by atoms with Crippen LogP contribution in [0.25, 0.3) is 12.2 Å². The first kappa shape index (κ1) is 20.0. The molecule has 0 aliphatic carbocycles. The van der Waals surface area contributed by atoms with E-state index < -0.39 is 20.9 Å². The summed E-state index contributed by atoms with van der Waals surface area (Å²) >= 11 is 6.21. The quantitative estimate of drug-likeness (QED) is 0.703. The minimum absolute atomic E-state index is 0.277. The molecule has 0 aliphatic heterocycles. The van der Waals surface area contributed by atoms with E-state index in [-0.39, 0.29) is 5.69 Å². The van der Waals surface area contributed by atoms with E-state index in [9.17, 15) is 13.2 Å². The van der Waals surface area contributed by atoms with Crippen molar-refractivity contribution < 1.29 is 12.7 Å². The summed E-state index contributed by atoms with van der Waals surface area (Å²) in [4.78, 5) is 12.2. The number of rotatable bonds is 6. The fourth-order valence-corrected chi connectivity index (χ4v) is 2.75. The van der Waals surface area contributed by atoms with Crippen LogP contribution in [-0.4, -0.2) is 18.4 Å². The van der Waals surface area contributed by atoms with E-state index in [2.05, 4.69) is 0 Å². The first-order valence-electron chi connectivity index (χ1n) is 7.97. The van der Waals surface area contributed by atoms with Gasteiger partial charge in [0, 0.05) is 11.1 Å². The average molecular weight is 394 g/mol. The molecule has 1 heterocycles. The van der Waals surface area contributed by atoms with E-state index >= 15 is 0 Å². The van der Waals surface area contributed by atoms with Gasteiger partial charge in [0.1, 0.15) is 0 Å². The molecule has 0 radical (unpaired) electrons. The van der Waals surface area contributed by atoms with Crippen molar-refractivity contribution in [3.05, 3.63) is 80.7 Å². The van der Waals surface area contributed by atoms with Gasteiger partial charge in [0.15, 0.2) is 0 Å². The maximum Gasteiger partial charge on any atom is 0.329 e. The largest absolute Gasteiger partial charge is 0.329 e. The Hall–Kier alpha value is -2.31. The fraction of sp³-hybridized carbons (Fsp3) is 0.211. The Morgan fingerprint density at radius 2 is 1.85 bits per heavy atom. The molecule has 0 saturated carbocycles. The molecule has 0 bridgehead atoms. The second kappa shape index (κ2) is 8.38. The third-order valence-corrected chi connectivity index (χ3v) is 5.18. The second-order valence-corrected chi connectivity index (χ2v) is 8.49. The molecule has 0 atom stereocenters. The lowest BCUT2D eigenvalue weighted by molar-refractivity contribution is 0.261. The summed E-state index contributed by atoms with van der Waals surface area (Å²) in [6.07, 6.45) is 4.86.